The minimum Gasteiger partial charge on any atom is -0.465 e. The number of nitrogens with one attached hydrogen (secondary N) is 6. The lowest BCUT2D eigenvalue weighted by Gasteiger charge is -2.35. The van der Waals surface area contributed by atoms with Gasteiger partial charge in [-0.25, -0.2) is 49.1 Å². The number of fused-ring (bicyclic) bond motifs is 7. The van der Waals surface area contributed by atoms with Crippen molar-refractivity contribution in [3.05, 3.63) is 305 Å². The van der Waals surface area contributed by atoms with Crippen LogP contribution in [0.3, 0.4) is 0 Å². The van der Waals surface area contributed by atoms with E-state index in [1.807, 2.05) is 64.8 Å². The van der Waals surface area contributed by atoms with Gasteiger partial charge in [-0.3, -0.25) is 77.6 Å². The van der Waals surface area contributed by atoms with Gasteiger partial charge in [0.1, 0.15) is 87.9 Å². The second-order valence-corrected chi connectivity index (χ2v) is 45.8. The largest absolute Gasteiger partial charge is 0.465 e. The van der Waals surface area contributed by atoms with Gasteiger partial charge in [0.05, 0.1) is 113 Å². The van der Waals surface area contributed by atoms with Crippen molar-refractivity contribution < 1.29 is 28.9 Å². The van der Waals surface area contributed by atoms with Gasteiger partial charge in [-0.15, -0.1) is 79.4 Å². The number of carbonyl (C=O) groups is 2. The number of nitrogen functional groups attached to an aromatic ring is 1. The molecular weight excluding hydrogens is 2390 g/mol. The van der Waals surface area contributed by atoms with Crippen LogP contribution in [0.2, 0.25) is 67.8 Å². The van der Waals surface area contributed by atoms with E-state index in [0.717, 1.165) is 83.1 Å². The summed E-state index contributed by atoms with van der Waals surface area (Å²) >= 11 is 91.8. The number of piperidine rings is 2. The van der Waals surface area contributed by atoms with E-state index in [4.69, 9.17) is 194 Å². The molecule has 3 aromatic carbocycles. The maximum absolute atomic E-state index is 13.6. The molecule has 40 nitrogen and oxygen atoms in total. The third kappa shape index (κ3) is 27.0. The highest BCUT2D eigenvalue weighted by Crippen LogP contribution is 2.45. The number of nitrogens with zero attached hydrogens (tertiary/aromatic N) is 16. The van der Waals surface area contributed by atoms with Gasteiger partial charge in [0.2, 0.25) is 27.7 Å². The standard InChI is InChI=1S/C24H25Cl2N5O3S.C19H17Cl2N5OS.C14H6Cl3N3OS.C6Cl4N2S.C6HCl3N2OS.C6H2N4O6S.C6H4N2O2S.C6H7NO2S/c1-24(2,3)34-23(33)28-16-9-6-10-30(13-16)22-29-18-17(25)20(26)35-19(18)21(32)31(22)12-15-8-5-4-7-14(15)11-27;20-14-15-16(28-17(14)21)18(27)26(9-12-5-2-1-4-11(12)8-22)19(24-15)25-7-3-6-13(23)10-25;15-9-10-11(22-12(9)16)13(21)20(14(17)19-10)6-8-4-2-1-3-7(8)5-18;7-1-2-3(13-5(1)9)4(8)12-6(10)11-2;7-1-2-3(13-4(1)8)5(12)11-6(9)10-2;11-4-3-1(7-6(12)8-4)2(9(13)14)5(17-3)10(15)16;9-5-4-3(1-2-11-4)7-6(10)8-5;1-9-6(8)5-4(7)2-3-10-5/h4-5,7-8,16H,6,9-10,12-13H2,1-3H3,(H,28,33);1-2,4-5,13H,3,6-7,9-10,23H2;1-4H,6H2;;(H,10,11,12);(H2,7,8,11,12);1-2H,(H2,7,8,9,10);2-3H,7H2,1H3/t16-;13-;;;;;;/m00....../s1. The second-order valence-electron chi connectivity index (χ2n) is 31.6. The van der Waals surface area contributed by atoms with Gasteiger partial charge >= 0.3 is 34.1 Å². The highest BCUT2D eigenvalue weighted by atomic mass is 35.5. The zero-order valence-electron chi connectivity index (χ0n) is 75.6. The first-order valence-corrected chi connectivity index (χ1v) is 53.9. The van der Waals surface area contributed by atoms with Gasteiger partial charge in [-0.2, -0.15) is 15.8 Å². The molecule has 149 heavy (non-hydrogen) atoms. The number of rotatable bonds is 12. The quantitative estimate of drug-likeness (QED) is 0.0185. The summed E-state index contributed by atoms with van der Waals surface area (Å²) in [6.07, 6.45) is 2.92. The number of methoxy groups -OCH3 is 1. The van der Waals surface area contributed by atoms with Crippen LogP contribution in [0.5, 0.6) is 0 Å². The lowest BCUT2D eigenvalue weighted by Crippen LogP contribution is -2.50. The first-order chi connectivity index (χ1) is 70.7. The maximum Gasteiger partial charge on any atom is 0.407 e. The fraction of sp³-hybridized carbons (Fsp3) is 0.207. The number of hydrogen-bond acceptors (Lipinski definition) is 37. The molecule has 17 heterocycles. The number of ether oxygens (including phenoxy) is 2. The third-order valence-corrected chi connectivity index (χ3v) is 34.4. The highest BCUT2D eigenvalue weighted by Gasteiger charge is 2.36. The summed E-state index contributed by atoms with van der Waals surface area (Å²) in [5, 5.41) is 56.8. The Morgan fingerprint density at radius 3 is 1.40 bits per heavy atom. The van der Waals surface area contributed by atoms with E-state index in [1.54, 1.807) is 80.6 Å². The Bertz CT molecular complexity index is 8970. The van der Waals surface area contributed by atoms with E-state index >= 15 is 0 Å². The maximum atomic E-state index is 13.6. The Kier molecular flexibility index (Phi) is 38.6. The zero-order valence-corrected chi connectivity index (χ0v) is 92.7. The van der Waals surface area contributed by atoms with Crippen LogP contribution in [0.25, 0.3) is 71.5 Å². The van der Waals surface area contributed by atoms with Crippen LogP contribution in [0, 0.1) is 54.2 Å². The van der Waals surface area contributed by atoms with E-state index in [1.165, 1.54) is 45.7 Å². The third-order valence-electron chi connectivity index (χ3n) is 20.7. The molecule has 772 valence electrons. The van der Waals surface area contributed by atoms with E-state index in [9.17, 15) is 78.7 Å². The number of carbonyl (C=O) groups excluding carboxylic acids is 2. The number of nitro groups is 2. The van der Waals surface area contributed by atoms with E-state index in [0.29, 0.717) is 174 Å². The van der Waals surface area contributed by atoms with E-state index in [-0.39, 0.29) is 106 Å². The summed E-state index contributed by atoms with van der Waals surface area (Å²) in [6, 6.07) is 31.0. The minimum atomic E-state index is -1.01. The predicted octanol–water partition coefficient (Wildman–Crippen LogP) is 21.9. The summed E-state index contributed by atoms with van der Waals surface area (Å²) in [5.74, 6) is 0.562. The van der Waals surface area contributed by atoms with Crippen LogP contribution < -0.4 is 71.3 Å². The summed E-state index contributed by atoms with van der Waals surface area (Å²) in [6.45, 7) is 8.41. The Hall–Kier alpha value is -11.5. The monoisotopic (exact) mass is 2440 g/mol. The number of H-pyrrole nitrogens is 5. The first-order valence-electron chi connectivity index (χ1n) is 41.9. The average Bonchev–Trinajstić information content (AvgIpc) is 1.65. The molecule has 0 saturated carbocycles. The number of benzene rings is 3. The van der Waals surface area contributed by atoms with E-state index in [2.05, 4.69) is 63.1 Å². The van der Waals surface area contributed by atoms with Crippen LogP contribution in [-0.2, 0) is 29.1 Å². The number of esters is 1. The lowest BCUT2D eigenvalue weighted by molar-refractivity contribution is -0.418. The van der Waals surface area contributed by atoms with Crippen molar-refractivity contribution in [2.45, 2.75) is 83.8 Å². The van der Waals surface area contributed by atoms with Crippen LogP contribution in [0.15, 0.2) is 134 Å². The van der Waals surface area contributed by atoms with Crippen LogP contribution in [-0.4, -0.2) is 141 Å². The van der Waals surface area contributed by atoms with Crippen molar-refractivity contribution in [2.75, 3.05) is 48.8 Å². The Balaban J connectivity index is 0.000000147. The molecule has 0 radical (unpaired) electrons. The number of nitriles is 3. The fourth-order valence-electron chi connectivity index (χ4n) is 14.2. The molecule has 2 aliphatic heterocycles. The molecule has 2 aliphatic rings. The van der Waals surface area contributed by atoms with Crippen LogP contribution in [0.1, 0.15) is 89.5 Å². The number of amides is 1. The number of hydrogen-bond donors (Lipinski definition) is 8. The van der Waals surface area contributed by atoms with Crippen molar-refractivity contribution in [3.63, 3.8) is 0 Å². The smallest absolute Gasteiger partial charge is 0.407 e. The van der Waals surface area contributed by atoms with Crippen molar-refractivity contribution in [3.8, 4) is 18.2 Å². The second kappa shape index (κ2) is 50.2. The molecular formula is C87H62Cl14N24O16S8. The summed E-state index contributed by atoms with van der Waals surface area (Å²) in [4.78, 5) is 178. The van der Waals surface area contributed by atoms with Gasteiger partial charge < -0.3 is 46.0 Å². The Morgan fingerprint density at radius 1 is 0.503 bits per heavy atom. The van der Waals surface area contributed by atoms with Gasteiger partial charge in [0, 0.05) is 38.3 Å². The predicted molar refractivity (Wildman–Crippen MR) is 594 cm³/mol. The number of halogens is 14. The van der Waals surface area contributed by atoms with Crippen LogP contribution in [0.4, 0.5) is 33.1 Å². The van der Waals surface area contributed by atoms with Gasteiger partial charge in [0.15, 0.2) is 10.7 Å². The van der Waals surface area contributed by atoms with Crippen molar-refractivity contribution >= 4 is 365 Å². The topological polar surface area (TPSA) is 588 Å². The number of aromatic amines is 5. The molecule has 2 fully saturated rings. The lowest BCUT2D eigenvalue weighted by atomic mass is 10.1. The molecule has 20 rings (SSSR count). The molecule has 10 N–H and O–H groups in total. The molecule has 2 saturated heterocycles. The molecule has 1 amide bonds. The fourth-order valence-corrected chi connectivity index (χ4v) is 24.5. The molecule has 0 unspecified atom stereocenters. The zero-order chi connectivity index (χ0) is 108. The summed E-state index contributed by atoms with van der Waals surface area (Å²) in [7, 11) is 1.33. The molecule has 62 heteroatoms. The van der Waals surface area contributed by atoms with Gasteiger partial charge in [0.25, 0.3) is 33.4 Å². The van der Waals surface area contributed by atoms with Crippen molar-refractivity contribution in [1.82, 2.24) is 73.8 Å². The first kappa shape index (κ1) is 115. The number of anilines is 3. The van der Waals surface area contributed by atoms with Gasteiger partial charge in [-0.1, -0.05) is 182 Å². The molecule has 0 aliphatic carbocycles. The Morgan fingerprint density at radius 2 is 0.933 bits per heavy atom. The number of aromatic nitrogens is 14. The number of nitrogens with two attached hydrogens (primary N) is 2. The Labute approximate surface area is 935 Å². The summed E-state index contributed by atoms with van der Waals surface area (Å²) < 4.78 is 18.5. The number of alkyl carbamates (subject to hydrolysis) is 1. The number of thiophene rings is 8. The van der Waals surface area contributed by atoms with E-state index < -0.39 is 54.7 Å². The van der Waals surface area contributed by atoms with Crippen LogP contribution >= 0.6 is 253 Å². The highest BCUT2D eigenvalue weighted by molar-refractivity contribution is 7.25. The molecule has 0 bridgehead atoms. The summed E-state index contributed by atoms with van der Waals surface area (Å²) in [5.41, 5.74) is 12.5. The van der Waals surface area contributed by atoms with Gasteiger partial charge in [-0.05, 0) is 150 Å². The minimum absolute atomic E-state index is 0.00149. The van der Waals surface area contributed by atoms with Crippen molar-refractivity contribution in [2.24, 2.45) is 5.73 Å². The van der Waals surface area contributed by atoms with Crippen molar-refractivity contribution in [1.29, 1.82) is 15.8 Å². The average molecular weight is 2450 g/mol. The molecule has 2 atom stereocenters. The molecule has 18 aromatic rings. The normalized spacial score (nSPS) is 13.2. The SMILES string of the molecule is CC(C)(C)OC(=O)N[C@H]1CCCN(c2nc3c(Cl)c(Cl)sc3c(=O)n2Cc2ccccc2C#N)C1.COC(=O)c1sccc1N.Clc1nc(Cl)c2sc(Cl)c(Cl)c2n1.N#Cc1ccccc1Cn1c(Cl)nc2c(Cl)c(Cl)sc2c1=O.N#Cc1ccccc1Cn1c(N2CCC[C@H](N)C2)nc2c(Cl)c(Cl)sc2c1=O.O=c1[nH]c(=O)c2sc([N+](=O)[O-])c([N+](=O)[O-])c2[nH]1.O=c1[nH]c(=O)c2sccc2[nH]1.O=c1[nH]c(Cl)nc2c(Cl)c(Cl)sc12. The molecule has 0 spiro atoms. The molecule has 15 aromatic heterocycles.